The van der Waals surface area contributed by atoms with Crippen LogP contribution in [-0.2, 0) is 6.54 Å². The molecule has 1 unspecified atom stereocenters. The molecule has 0 bridgehead atoms. The molecule has 2 heterocycles. The molecule has 1 aromatic heterocycles. The number of hydrogen-bond donors (Lipinski definition) is 2. The largest absolute Gasteiger partial charge is 0.360 e. The summed E-state index contributed by atoms with van der Waals surface area (Å²) in [5.41, 5.74) is 0.952. The van der Waals surface area contributed by atoms with Crippen molar-refractivity contribution in [3.8, 4) is 0 Å². The summed E-state index contributed by atoms with van der Waals surface area (Å²) in [6, 6.07) is 2.73. The van der Waals surface area contributed by atoms with Crippen molar-refractivity contribution in [2.45, 2.75) is 51.6 Å². The molecule has 1 atom stereocenters. The van der Waals surface area contributed by atoms with Gasteiger partial charge in [-0.15, -0.1) is 0 Å². The van der Waals surface area contributed by atoms with E-state index in [0.717, 1.165) is 30.6 Å². The van der Waals surface area contributed by atoms with E-state index in [4.69, 9.17) is 4.52 Å². The number of aromatic nitrogens is 1. The van der Waals surface area contributed by atoms with Gasteiger partial charge in [-0.1, -0.05) is 11.6 Å². The highest BCUT2D eigenvalue weighted by atomic mass is 16.5. The molecule has 1 saturated heterocycles. The molecule has 17 heavy (non-hydrogen) atoms. The number of aryl methyl sites for hydroxylation is 1. The van der Waals surface area contributed by atoms with Crippen LogP contribution in [0.25, 0.3) is 0 Å². The van der Waals surface area contributed by atoms with Crippen molar-refractivity contribution < 1.29 is 4.52 Å². The lowest BCUT2D eigenvalue weighted by Gasteiger charge is -2.23. The van der Waals surface area contributed by atoms with Crippen LogP contribution in [-0.4, -0.2) is 24.3 Å². The lowest BCUT2D eigenvalue weighted by Crippen LogP contribution is -2.34. The van der Waals surface area contributed by atoms with Gasteiger partial charge in [-0.25, -0.2) is 0 Å². The quantitative estimate of drug-likeness (QED) is 0.743. The monoisotopic (exact) mass is 237 g/mol. The van der Waals surface area contributed by atoms with Crippen molar-refractivity contribution >= 4 is 0 Å². The average molecular weight is 237 g/mol. The van der Waals surface area contributed by atoms with Gasteiger partial charge in [0, 0.05) is 12.1 Å². The highest BCUT2D eigenvalue weighted by Gasteiger charge is 2.11. The van der Waals surface area contributed by atoms with Crippen molar-refractivity contribution in [3.05, 3.63) is 17.5 Å². The summed E-state index contributed by atoms with van der Waals surface area (Å²) in [5, 5.41) is 10.8. The van der Waals surface area contributed by atoms with Gasteiger partial charge in [-0.05, 0) is 45.7 Å². The van der Waals surface area contributed by atoms with E-state index in [1.165, 1.54) is 38.6 Å². The number of piperidine rings is 1. The van der Waals surface area contributed by atoms with Gasteiger partial charge in [0.1, 0.15) is 0 Å². The van der Waals surface area contributed by atoms with E-state index in [1.807, 2.05) is 13.0 Å². The molecule has 1 aromatic rings. The first-order chi connectivity index (χ1) is 8.34. The summed E-state index contributed by atoms with van der Waals surface area (Å²) in [6.07, 6.45) is 6.59. The molecule has 96 valence electrons. The maximum Gasteiger partial charge on any atom is 0.150 e. The molecular weight excluding hydrogens is 214 g/mol. The Balaban J connectivity index is 1.51. The van der Waals surface area contributed by atoms with Crippen LogP contribution in [0.4, 0.5) is 0 Å². The fraction of sp³-hybridized carbons (Fsp3) is 0.769. The molecule has 1 fully saturated rings. The van der Waals surface area contributed by atoms with Crippen molar-refractivity contribution in [1.82, 2.24) is 15.8 Å². The average Bonchev–Trinajstić information content (AvgIpc) is 2.76. The van der Waals surface area contributed by atoms with Crippen molar-refractivity contribution in [2.75, 3.05) is 13.1 Å². The maximum atomic E-state index is 5.14. The first kappa shape index (κ1) is 12.6. The number of hydrogen-bond acceptors (Lipinski definition) is 4. The van der Waals surface area contributed by atoms with E-state index in [2.05, 4.69) is 15.8 Å². The Hall–Kier alpha value is -0.870. The summed E-state index contributed by atoms with van der Waals surface area (Å²) in [5.74, 6) is 0.929. The van der Waals surface area contributed by atoms with Crippen LogP contribution in [0.15, 0.2) is 10.6 Å². The summed E-state index contributed by atoms with van der Waals surface area (Å²) in [7, 11) is 0. The second-order valence-electron chi connectivity index (χ2n) is 4.90. The minimum atomic E-state index is 0.748. The predicted octanol–water partition coefficient (Wildman–Crippen LogP) is 1.99. The minimum absolute atomic E-state index is 0.748. The molecule has 2 rings (SSSR count). The van der Waals surface area contributed by atoms with Crippen LogP contribution >= 0.6 is 0 Å². The lowest BCUT2D eigenvalue weighted by molar-refractivity contribution is 0.359. The molecule has 1 aliphatic rings. The third-order valence-electron chi connectivity index (χ3n) is 3.29. The molecule has 0 aliphatic carbocycles. The SMILES string of the molecule is Cc1cc(CNCCCC2CCCCN2)on1. The predicted molar refractivity (Wildman–Crippen MR) is 67.8 cm³/mol. The Morgan fingerprint density at radius 2 is 2.47 bits per heavy atom. The van der Waals surface area contributed by atoms with Crippen LogP contribution in [0.2, 0.25) is 0 Å². The Kier molecular flexibility index (Phi) is 5.01. The Morgan fingerprint density at radius 1 is 1.53 bits per heavy atom. The molecule has 1 aliphatic heterocycles. The molecule has 2 N–H and O–H groups in total. The fourth-order valence-corrected chi connectivity index (χ4v) is 2.36. The van der Waals surface area contributed by atoms with Crippen molar-refractivity contribution in [1.29, 1.82) is 0 Å². The number of nitrogens with one attached hydrogen (secondary N) is 2. The molecule has 4 heteroatoms. The second kappa shape index (κ2) is 6.77. The maximum absolute atomic E-state index is 5.14. The normalized spacial score (nSPS) is 20.6. The third-order valence-corrected chi connectivity index (χ3v) is 3.29. The molecule has 0 radical (unpaired) electrons. The zero-order valence-electron chi connectivity index (χ0n) is 10.7. The summed E-state index contributed by atoms with van der Waals surface area (Å²) in [6.45, 7) is 4.99. The van der Waals surface area contributed by atoms with Gasteiger partial charge in [0.05, 0.1) is 12.2 Å². The summed E-state index contributed by atoms with van der Waals surface area (Å²) >= 11 is 0. The minimum Gasteiger partial charge on any atom is -0.360 e. The van der Waals surface area contributed by atoms with Gasteiger partial charge < -0.3 is 15.2 Å². The molecule has 0 amide bonds. The first-order valence-electron chi connectivity index (χ1n) is 6.71. The molecule has 4 nitrogen and oxygen atoms in total. The molecule has 0 saturated carbocycles. The van der Waals surface area contributed by atoms with Gasteiger partial charge in [-0.2, -0.15) is 0 Å². The molecule has 0 aromatic carbocycles. The van der Waals surface area contributed by atoms with Crippen LogP contribution in [0.3, 0.4) is 0 Å². The zero-order chi connectivity index (χ0) is 11.9. The molecule has 0 spiro atoms. The second-order valence-corrected chi connectivity index (χ2v) is 4.90. The third kappa shape index (κ3) is 4.48. The van der Waals surface area contributed by atoms with Gasteiger partial charge in [-0.3, -0.25) is 0 Å². The van der Waals surface area contributed by atoms with Gasteiger partial charge in [0.15, 0.2) is 5.76 Å². The van der Waals surface area contributed by atoms with Gasteiger partial charge in [0.25, 0.3) is 0 Å². The Labute approximate surface area is 103 Å². The number of nitrogens with zero attached hydrogens (tertiary/aromatic N) is 1. The van der Waals surface area contributed by atoms with Crippen LogP contribution in [0.5, 0.6) is 0 Å². The standard InChI is InChI=1S/C13H23N3O/c1-11-9-13(17-16-11)10-14-7-4-6-12-5-2-3-8-15-12/h9,12,14-15H,2-8,10H2,1H3. The van der Waals surface area contributed by atoms with E-state index >= 15 is 0 Å². The summed E-state index contributed by atoms with van der Waals surface area (Å²) < 4.78 is 5.14. The van der Waals surface area contributed by atoms with Gasteiger partial charge >= 0.3 is 0 Å². The molecular formula is C13H23N3O. The highest BCUT2D eigenvalue weighted by molar-refractivity contribution is 5.02. The van der Waals surface area contributed by atoms with E-state index in [0.29, 0.717) is 0 Å². The smallest absolute Gasteiger partial charge is 0.150 e. The van der Waals surface area contributed by atoms with Crippen molar-refractivity contribution in [3.63, 3.8) is 0 Å². The van der Waals surface area contributed by atoms with E-state index in [-0.39, 0.29) is 0 Å². The topological polar surface area (TPSA) is 50.1 Å². The van der Waals surface area contributed by atoms with Crippen LogP contribution < -0.4 is 10.6 Å². The number of rotatable bonds is 6. The van der Waals surface area contributed by atoms with Crippen molar-refractivity contribution in [2.24, 2.45) is 0 Å². The fourth-order valence-electron chi connectivity index (χ4n) is 2.36. The van der Waals surface area contributed by atoms with E-state index in [1.54, 1.807) is 0 Å². The zero-order valence-corrected chi connectivity index (χ0v) is 10.7. The first-order valence-corrected chi connectivity index (χ1v) is 6.71. The van der Waals surface area contributed by atoms with Crippen LogP contribution in [0, 0.1) is 6.92 Å². The van der Waals surface area contributed by atoms with E-state index < -0.39 is 0 Å². The highest BCUT2D eigenvalue weighted by Crippen LogP contribution is 2.11. The van der Waals surface area contributed by atoms with Gasteiger partial charge in [0.2, 0.25) is 0 Å². The van der Waals surface area contributed by atoms with E-state index in [9.17, 15) is 0 Å². The Bertz CT molecular complexity index is 318. The summed E-state index contributed by atoms with van der Waals surface area (Å²) in [4.78, 5) is 0. The Morgan fingerprint density at radius 3 is 3.18 bits per heavy atom. The lowest BCUT2D eigenvalue weighted by atomic mass is 10.0. The van der Waals surface area contributed by atoms with Crippen LogP contribution in [0.1, 0.15) is 43.6 Å².